The van der Waals surface area contributed by atoms with E-state index in [1.807, 2.05) is 0 Å². The van der Waals surface area contributed by atoms with Gasteiger partial charge in [-0.1, -0.05) is 71.9 Å². The van der Waals surface area contributed by atoms with Gasteiger partial charge in [0.1, 0.15) is 0 Å². The molecular weight excluding hydrogens is 338 g/mol. The van der Waals surface area contributed by atoms with Crippen LogP contribution in [0.4, 0.5) is 0 Å². The quantitative estimate of drug-likeness (QED) is 0.324. The lowest BCUT2D eigenvalue weighted by atomic mass is 9.85. The molecule has 144 valence electrons. The van der Waals surface area contributed by atoms with Gasteiger partial charge in [0.25, 0.3) is 0 Å². The minimum atomic E-state index is 0.124. The molecule has 0 saturated heterocycles. The number of aromatic nitrogens is 1. The topological polar surface area (TPSA) is 4.93 Å². The average Bonchev–Trinajstić information content (AvgIpc) is 2.93. The van der Waals surface area contributed by atoms with Gasteiger partial charge in [-0.2, -0.15) is 0 Å². The highest BCUT2D eigenvalue weighted by molar-refractivity contribution is 6.09. The molecular formula is C27H31N. The Hall–Kier alpha value is -2.54. The van der Waals surface area contributed by atoms with Gasteiger partial charge < -0.3 is 4.57 Å². The Balaban J connectivity index is 2.13. The van der Waals surface area contributed by atoms with Gasteiger partial charge in [0.05, 0.1) is 11.0 Å². The summed E-state index contributed by atoms with van der Waals surface area (Å²) in [6.45, 7) is 15.9. The number of aryl methyl sites for hydroxylation is 1. The highest BCUT2D eigenvalue weighted by atomic mass is 15.0. The highest BCUT2D eigenvalue weighted by Crippen LogP contribution is 2.37. The smallest absolute Gasteiger partial charge is 0.0544 e. The summed E-state index contributed by atoms with van der Waals surface area (Å²) in [6.07, 6.45) is 0. The van der Waals surface area contributed by atoms with Crippen molar-refractivity contribution in [3.63, 3.8) is 0 Å². The summed E-state index contributed by atoms with van der Waals surface area (Å²) in [5, 5.41) is 2.67. The van der Waals surface area contributed by atoms with Crippen molar-refractivity contribution in [2.75, 3.05) is 0 Å². The van der Waals surface area contributed by atoms with Crippen molar-refractivity contribution < 1.29 is 0 Å². The second kappa shape index (κ2) is 6.24. The van der Waals surface area contributed by atoms with E-state index in [0.29, 0.717) is 0 Å². The second-order valence-corrected chi connectivity index (χ2v) is 10.1. The van der Waals surface area contributed by atoms with Crippen LogP contribution in [0.2, 0.25) is 0 Å². The van der Waals surface area contributed by atoms with E-state index in [2.05, 4.69) is 114 Å². The van der Waals surface area contributed by atoms with E-state index in [1.54, 1.807) is 0 Å². The van der Waals surface area contributed by atoms with Crippen LogP contribution in [0.1, 0.15) is 58.2 Å². The molecule has 0 spiro atoms. The molecule has 4 aromatic rings. The summed E-state index contributed by atoms with van der Waals surface area (Å²) < 4.78 is 2.43. The Labute approximate surface area is 169 Å². The standard InChI is InChI=1S/C27H31N/c1-18-9-8-10-21(15-18)28-24-14-12-19(26(2,3)4)16-23(24)22-13-11-20(17-25(22)28)27(5,6)7/h8-17H,1-7H3. The van der Waals surface area contributed by atoms with E-state index in [-0.39, 0.29) is 10.8 Å². The average molecular weight is 370 g/mol. The summed E-state index contributed by atoms with van der Waals surface area (Å²) in [4.78, 5) is 0. The molecule has 0 saturated carbocycles. The minimum Gasteiger partial charge on any atom is -0.309 e. The van der Waals surface area contributed by atoms with Gasteiger partial charge in [0.2, 0.25) is 0 Å². The van der Waals surface area contributed by atoms with Gasteiger partial charge in [0.15, 0.2) is 0 Å². The SMILES string of the molecule is Cc1cccc(-n2c3ccc(C(C)(C)C)cc3c3ccc(C(C)(C)C)cc32)c1. The number of rotatable bonds is 1. The zero-order valence-electron chi connectivity index (χ0n) is 18.2. The second-order valence-electron chi connectivity index (χ2n) is 10.1. The van der Waals surface area contributed by atoms with Crippen molar-refractivity contribution in [2.45, 2.75) is 59.3 Å². The Morgan fingerprint density at radius 3 is 1.89 bits per heavy atom. The summed E-state index contributed by atoms with van der Waals surface area (Å²) in [6, 6.07) is 22.8. The molecule has 0 atom stereocenters. The number of nitrogens with zero attached hydrogens (tertiary/aromatic N) is 1. The Morgan fingerprint density at radius 1 is 0.607 bits per heavy atom. The molecule has 0 aliphatic rings. The molecule has 0 N–H and O–H groups in total. The maximum absolute atomic E-state index is 2.43. The van der Waals surface area contributed by atoms with E-state index in [4.69, 9.17) is 0 Å². The minimum absolute atomic E-state index is 0.124. The van der Waals surface area contributed by atoms with Crippen LogP contribution in [0.5, 0.6) is 0 Å². The maximum Gasteiger partial charge on any atom is 0.0544 e. The van der Waals surface area contributed by atoms with E-state index < -0.39 is 0 Å². The van der Waals surface area contributed by atoms with Crippen molar-refractivity contribution in [1.29, 1.82) is 0 Å². The lowest BCUT2D eigenvalue weighted by Gasteiger charge is -2.19. The fourth-order valence-electron chi connectivity index (χ4n) is 4.00. The molecule has 1 heteroatoms. The van der Waals surface area contributed by atoms with Crippen molar-refractivity contribution in [3.05, 3.63) is 77.4 Å². The first-order chi connectivity index (χ1) is 13.1. The van der Waals surface area contributed by atoms with Crippen LogP contribution in [-0.2, 0) is 10.8 Å². The predicted molar refractivity (Wildman–Crippen MR) is 123 cm³/mol. The Morgan fingerprint density at radius 2 is 1.25 bits per heavy atom. The number of hydrogen-bond acceptors (Lipinski definition) is 0. The first-order valence-corrected chi connectivity index (χ1v) is 10.2. The monoisotopic (exact) mass is 369 g/mol. The molecule has 1 nitrogen and oxygen atoms in total. The van der Waals surface area contributed by atoms with Crippen molar-refractivity contribution in [3.8, 4) is 5.69 Å². The van der Waals surface area contributed by atoms with Crippen LogP contribution < -0.4 is 0 Å². The molecule has 3 aromatic carbocycles. The third-order valence-electron chi connectivity index (χ3n) is 5.76. The van der Waals surface area contributed by atoms with Gasteiger partial charge >= 0.3 is 0 Å². The van der Waals surface area contributed by atoms with Gasteiger partial charge in [-0.25, -0.2) is 0 Å². The molecule has 1 heterocycles. The van der Waals surface area contributed by atoms with Crippen LogP contribution in [0.25, 0.3) is 27.5 Å². The predicted octanol–water partition coefficient (Wildman–Crippen LogP) is 7.69. The molecule has 28 heavy (non-hydrogen) atoms. The Bertz CT molecular complexity index is 1180. The van der Waals surface area contributed by atoms with Crippen molar-refractivity contribution in [2.24, 2.45) is 0 Å². The number of benzene rings is 3. The molecule has 0 radical (unpaired) electrons. The molecule has 0 amide bonds. The molecule has 0 aliphatic heterocycles. The van der Waals surface area contributed by atoms with Crippen LogP contribution in [0.3, 0.4) is 0 Å². The van der Waals surface area contributed by atoms with Crippen LogP contribution in [0.15, 0.2) is 60.7 Å². The third kappa shape index (κ3) is 3.13. The van der Waals surface area contributed by atoms with Crippen molar-refractivity contribution in [1.82, 2.24) is 4.57 Å². The summed E-state index contributed by atoms with van der Waals surface area (Å²) in [5.41, 5.74) is 8.09. The van der Waals surface area contributed by atoms with Crippen LogP contribution in [0, 0.1) is 6.92 Å². The van der Waals surface area contributed by atoms with Gasteiger partial charge in [0, 0.05) is 16.5 Å². The maximum atomic E-state index is 2.43. The van der Waals surface area contributed by atoms with Gasteiger partial charge in [-0.3, -0.25) is 0 Å². The lowest BCUT2D eigenvalue weighted by molar-refractivity contribution is 0.591. The first kappa shape index (κ1) is 18.8. The molecule has 4 rings (SSSR count). The summed E-state index contributed by atoms with van der Waals surface area (Å²) in [5.74, 6) is 0. The normalized spacial score (nSPS) is 12.8. The van der Waals surface area contributed by atoms with Crippen LogP contribution >= 0.6 is 0 Å². The molecule has 0 fully saturated rings. The van der Waals surface area contributed by atoms with E-state index >= 15 is 0 Å². The molecule has 0 aliphatic carbocycles. The summed E-state index contributed by atoms with van der Waals surface area (Å²) in [7, 11) is 0. The largest absolute Gasteiger partial charge is 0.309 e. The highest BCUT2D eigenvalue weighted by Gasteiger charge is 2.20. The fraction of sp³-hybridized carbons (Fsp3) is 0.333. The zero-order valence-corrected chi connectivity index (χ0v) is 18.2. The Kier molecular flexibility index (Phi) is 4.19. The first-order valence-electron chi connectivity index (χ1n) is 10.2. The summed E-state index contributed by atoms with van der Waals surface area (Å²) >= 11 is 0. The fourth-order valence-corrected chi connectivity index (χ4v) is 4.00. The molecule has 1 aromatic heterocycles. The van der Waals surface area contributed by atoms with Crippen LogP contribution in [-0.4, -0.2) is 4.57 Å². The number of hydrogen-bond donors (Lipinski definition) is 0. The van der Waals surface area contributed by atoms with Crippen molar-refractivity contribution >= 4 is 21.8 Å². The van der Waals surface area contributed by atoms with E-state index in [0.717, 1.165) is 0 Å². The van der Waals surface area contributed by atoms with E-state index in [1.165, 1.54) is 44.2 Å². The van der Waals surface area contributed by atoms with E-state index in [9.17, 15) is 0 Å². The lowest BCUT2D eigenvalue weighted by Crippen LogP contribution is -2.10. The third-order valence-corrected chi connectivity index (χ3v) is 5.76. The number of fused-ring (bicyclic) bond motifs is 3. The zero-order chi connectivity index (χ0) is 20.3. The molecule has 0 bridgehead atoms. The van der Waals surface area contributed by atoms with Gasteiger partial charge in [-0.15, -0.1) is 0 Å². The molecule has 0 unspecified atom stereocenters. The van der Waals surface area contributed by atoms with Gasteiger partial charge in [-0.05, 0) is 64.8 Å².